The van der Waals surface area contributed by atoms with Crippen molar-refractivity contribution in [1.29, 1.82) is 0 Å². The maximum atomic E-state index is 6.58. The Labute approximate surface area is 328 Å². The van der Waals surface area contributed by atoms with Crippen LogP contribution < -0.4 is 0 Å². The molecular formula is C53H33N3O. The topological polar surface area (TPSA) is 51.8 Å². The number of rotatable bonds is 4. The fourth-order valence-electron chi connectivity index (χ4n) is 8.86. The van der Waals surface area contributed by atoms with Gasteiger partial charge in [-0.2, -0.15) is 0 Å². The number of benzene rings is 7. The van der Waals surface area contributed by atoms with Gasteiger partial charge in [0.1, 0.15) is 11.2 Å². The van der Waals surface area contributed by atoms with E-state index in [-0.39, 0.29) is 5.92 Å². The summed E-state index contributed by atoms with van der Waals surface area (Å²) in [5.41, 5.74) is 12.1. The van der Waals surface area contributed by atoms with Crippen molar-refractivity contribution in [2.75, 3.05) is 0 Å². The van der Waals surface area contributed by atoms with Gasteiger partial charge in [-0.05, 0) is 64.7 Å². The second-order valence-electron chi connectivity index (χ2n) is 15.1. The maximum absolute atomic E-state index is 6.58. The van der Waals surface area contributed by atoms with Gasteiger partial charge in [0.05, 0.1) is 33.6 Å². The van der Waals surface area contributed by atoms with Crippen LogP contribution in [0.25, 0.3) is 104 Å². The summed E-state index contributed by atoms with van der Waals surface area (Å²) in [5, 5.41) is 10.1. The van der Waals surface area contributed by atoms with Crippen molar-refractivity contribution in [3.05, 3.63) is 193 Å². The third-order valence-corrected chi connectivity index (χ3v) is 11.7. The summed E-state index contributed by atoms with van der Waals surface area (Å²) in [4.78, 5) is 15.7. The zero-order valence-corrected chi connectivity index (χ0v) is 30.9. The summed E-state index contributed by atoms with van der Waals surface area (Å²) in [5.74, 6) is 0.200. The number of hydrogen-bond donors (Lipinski definition) is 0. The Balaban J connectivity index is 0.945. The van der Waals surface area contributed by atoms with E-state index in [1.165, 1.54) is 16.3 Å². The predicted octanol–water partition coefficient (Wildman–Crippen LogP) is 14.0. The molecule has 4 aromatic heterocycles. The third kappa shape index (κ3) is 5.18. The monoisotopic (exact) mass is 727 g/mol. The van der Waals surface area contributed by atoms with Gasteiger partial charge in [-0.15, -0.1) is 0 Å². The van der Waals surface area contributed by atoms with Crippen LogP contribution in [0.2, 0.25) is 0 Å². The van der Waals surface area contributed by atoms with Gasteiger partial charge in [-0.25, -0.2) is 15.0 Å². The molecule has 1 atom stereocenters. The second-order valence-corrected chi connectivity index (χ2v) is 15.1. The smallest absolute Gasteiger partial charge is 0.144 e. The first-order chi connectivity index (χ1) is 28.2. The molecule has 0 saturated heterocycles. The number of pyridine rings is 3. The molecule has 1 unspecified atom stereocenters. The van der Waals surface area contributed by atoms with Crippen molar-refractivity contribution < 1.29 is 4.42 Å². The Hall–Kier alpha value is -7.43. The molecule has 0 N–H and O–H groups in total. The highest BCUT2D eigenvalue weighted by molar-refractivity contribution is 6.24. The highest BCUT2D eigenvalue weighted by Gasteiger charge is 2.20. The van der Waals surface area contributed by atoms with Crippen molar-refractivity contribution in [3.8, 4) is 22.5 Å². The average molecular weight is 728 g/mol. The van der Waals surface area contributed by atoms with Crippen molar-refractivity contribution >= 4 is 81.8 Å². The summed E-state index contributed by atoms with van der Waals surface area (Å²) in [7, 11) is 0. The van der Waals surface area contributed by atoms with E-state index in [1.54, 1.807) is 0 Å². The fourth-order valence-corrected chi connectivity index (χ4v) is 8.86. The van der Waals surface area contributed by atoms with Crippen LogP contribution >= 0.6 is 0 Å². The highest BCUT2D eigenvalue weighted by Crippen LogP contribution is 2.42. The quantitative estimate of drug-likeness (QED) is 0.169. The summed E-state index contributed by atoms with van der Waals surface area (Å²) in [6.07, 6.45) is 7.85. The number of nitrogens with zero attached hydrogens (tertiary/aromatic N) is 3. The molecule has 11 aromatic rings. The van der Waals surface area contributed by atoms with Gasteiger partial charge in [-0.1, -0.05) is 146 Å². The average Bonchev–Trinajstić information content (AvgIpc) is 3.67. The minimum atomic E-state index is 0.200. The number of hydrogen-bond acceptors (Lipinski definition) is 4. The highest BCUT2D eigenvalue weighted by atomic mass is 16.3. The zero-order valence-electron chi connectivity index (χ0n) is 30.9. The first-order valence-electron chi connectivity index (χ1n) is 19.5. The molecule has 0 bridgehead atoms. The Kier molecular flexibility index (Phi) is 7.02. The lowest BCUT2D eigenvalue weighted by molar-refractivity contribution is 0.673. The molecule has 1 aliphatic carbocycles. The van der Waals surface area contributed by atoms with Gasteiger partial charge in [0, 0.05) is 54.7 Å². The largest absolute Gasteiger partial charge is 0.455 e. The molecule has 4 nitrogen and oxygen atoms in total. The van der Waals surface area contributed by atoms with E-state index in [0.717, 1.165) is 106 Å². The van der Waals surface area contributed by atoms with Crippen LogP contribution in [-0.4, -0.2) is 15.0 Å². The standard InChI is InChI=1S/C53H33N3O/c1-2-9-33(10-3-1)45-27-23-34-19-20-35-24-28-46(55-52(35)51(34)54-45)38-22-18-32-17-21-37(30-40(32)31-38)36-11-8-12-39(29-36)50-44-26-25-42-41-13-5-7-16-48(41)57-53(42)49(44)43-14-4-6-15-47(43)56-50/h1-10,12-31,36H,11H2. The van der Waals surface area contributed by atoms with Gasteiger partial charge in [-0.3, -0.25) is 0 Å². The summed E-state index contributed by atoms with van der Waals surface area (Å²) < 4.78 is 6.58. The van der Waals surface area contributed by atoms with Crippen molar-refractivity contribution in [1.82, 2.24) is 15.0 Å². The molecule has 0 amide bonds. The second kappa shape index (κ2) is 12.6. The predicted molar refractivity (Wildman–Crippen MR) is 236 cm³/mol. The first kappa shape index (κ1) is 31.9. The fraction of sp³-hybridized carbons (Fsp3) is 0.0377. The molecular weight excluding hydrogens is 695 g/mol. The third-order valence-electron chi connectivity index (χ3n) is 11.7. The molecule has 57 heavy (non-hydrogen) atoms. The molecule has 0 aliphatic heterocycles. The van der Waals surface area contributed by atoms with Gasteiger partial charge >= 0.3 is 0 Å². The minimum absolute atomic E-state index is 0.200. The zero-order chi connectivity index (χ0) is 37.5. The van der Waals surface area contributed by atoms with Crippen molar-refractivity contribution in [2.45, 2.75) is 12.3 Å². The lowest BCUT2D eigenvalue weighted by atomic mass is 9.86. The molecule has 0 spiro atoms. The number of fused-ring (bicyclic) bond motifs is 11. The van der Waals surface area contributed by atoms with Gasteiger partial charge < -0.3 is 4.42 Å². The lowest BCUT2D eigenvalue weighted by Gasteiger charge is -2.19. The van der Waals surface area contributed by atoms with Crippen LogP contribution in [0.5, 0.6) is 0 Å². The van der Waals surface area contributed by atoms with E-state index in [2.05, 4.69) is 164 Å². The van der Waals surface area contributed by atoms with E-state index < -0.39 is 0 Å². The van der Waals surface area contributed by atoms with Gasteiger partial charge in [0.25, 0.3) is 0 Å². The first-order valence-corrected chi connectivity index (χ1v) is 19.5. The van der Waals surface area contributed by atoms with Crippen molar-refractivity contribution in [2.24, 2.45) is 0 Å². The number of furan rings is 1. The lowest BCUT2D eigenvalue weighted by Crippen LogP contribution is -2.01. The van der Waals surface area contributed by atoms with E-state index in [1.807, 2.05) is 18.2 Å². The van der Waals surface area contributed by atoms with Crippen LogP contribution in [-0.2, 0) is 0 Å². The van der Waals surface area contributed by atoms with Crippen molar-refractivity contribution in [3.63, 3.8) is 0 Å². The summed E-state index contributed by atoms with van der Waals surface area (Å²) in [6.45, 7) is 0. The summed E-state index contributed by atoms with van der Waals surface area (Å²) >= 11 is 0. The summed E-state index contributed by atoms with van der Waals surface area (Å²) in [6, 6.07) is 57.8. The van der Waals surface area contributed by atoms with Crippen LogP contribution in [0, 0.1) is 0 Å². The van der Waals surface area contributed by atoms with E-state index in [4.69, 9.17) is 19.4 Å². The Bertz CT molecular complexity index is 3500. The molecule has 266 valence electrons. The number of para-hydroxylation sites is 2. The molecule has 4 heteroatoms. The van der Waals surface area contributed by atoms with Crippen LogP contribution in [0.15, 0.2) is 186 Å². The van der Waals surface area contributed by atoms with Gasteiger partial charge in [0.15, 0.2) is 0 Å². The van der Waals surface area contributed by atoms with Crippen LogP contribution in [0.3, 0.4) is 0 Å². The van der Waals surface area contributed by atoms with E-state index >= 15 is 0 Å². The Morgan fingerprint density at radius 2 is 1.18 bits per heavy atom. The molecule has 1 aliphatic rings. The molecule has 0 radical (unpaired) electrons. The maximum Gasteiger partial charge on any atom is 0.144 e. The molecule has 0 saturated carbocycles. The van der Waals surface area contributed by atoms with E-state index in [0.29, 0.717) is 0 Å². The van der Waals surface area contributed by atoms with Gasteiger partial charge in [0.2, 0.25) is 0 Å². The van der Waals surface area contributed by atoms with Crippen LogP contribution in [0.1, 0.15) is 23.6 Å². The number of aromatic nitrogens is 3. The molecule has 12 rings (SSSR count). The Morgan fingerprint density at radius 1 is 0.491 bits per heavy atom. The normalized spacial score (nSPS) is 14.5. The molecule has 0 fully saturated rings. The minimum Gasteiger partial charge on any atom is -0.455 e. The molecule has 7 aromatic carbocycles. The Morgan fingerprint density at radius 3 is 2.02 bits per heavy atom. The SMILES string of the molecule is C1=CC(c2nc3ccccc3c3c2ccc2c4ccccc4oc23)=CC(c2ccc3ccc(-c4ccc5ccc6ccc(-c7ccccc7)nc6c5n4)cc3c2)C1. The van der Waals surface area contributed by atoms with E-state index in [9.17, 15) is 0 Å². The molecule has 4 heterocycles. The van der Waals surface area contributed by atoms with Crippen LogP contribution in [0.4, 0.5) is 0 Å². The number of allylic oxidation sites excluding steroid dienone is 4.